The van der Waals surface area contributed by atoms with Gasteiger partial charge in [0.1, 0.15) is 5.25 Å². The van der Waals surface area contributed by atoms with Gasteiger partial charge in [-0.1, -0.05) is 6.08 Å². The van der Waals surface area contributed by atoms with Crippen LogP contribution in [0.25, 0.3) is 0 Å². The van der Waals surface area contributed by atoms with E-state index in [1.54, 1.807) is 12.1 Å². The van der Waals surface area contributed by atoms with Crippen LogP contribution < -0.4 is 10.2 Å². The summed E-state index contributed by atoms with van der Waals surface area (Å²) in [6.45, 7) is 4.76. The first-order valence-corrected chi connectivity index (χ1v) is 7.90. The second-order valence-electron chi connectivity index (χ2n) is 4.69. The van der Waals surface area contributed by atoms with E-state index in [1.165, 1.54) is 13.0 Å². The largest absolute Gasteiger partial charge is 0.378 e. The highest BCUT2D eigenvalue weighted by Gasteiger charge is 2.26. The maximum Gasteiger partial charge on any atom is 0.242 e. The number of sulfone groups is 1. The van der Waals surface area contributed by atoms with E-state index >= 15 is 0 Å². The topological polar surface area (TPSA) is 66.5 Å². The molecule has 20 heavy (non-hydrogen) atoms. The number of amides is 1. The molecule has 1 rings (SSSR count). The van der Waals surface area contributed by atoms with Gasteiger partial charge in [0.2, 0.25) is 5.91 Å². The normalized spacial score (nSPS) is 12.6. The Labute approximate surface area is 120 Å². The molecule has 0 spiro atoms. The molecule has 110 valence electrons. The molecule has 0 bridgehead atoms. The zero-order valence-corrected chi connectivity index (χ0v) is 12.8. The average molecular weight is 296 g/mol. The van der Waals surface area contributed by atoms with Crippen LogP contribution >= 0.6 is 0 Å². The van der Waals surface area contributed by atoms with E-state index in [1.807, 2.05) is 31.1 Å². The van der Waals surface area contributed by atoms with Crippen molar-refractivity contribution in [2.24, 2.45) is 0 Å². The number of carbonyl (C=O) groups excluding carboxylic acids is 1. The van der Waals surface area contributed by atoms with Crippen molar-refractivity contribution in [2.45, 2.75) is 12.2 Å². The molecule has 1 unspecified atom stereocenters. The summed E-state index contributed by atoms with van der Waals surface area (Å²) in [6.07, 6.45) is 1.28. The fraction of sp³-hybridized carbons (Fsp3) is 0.357. The average Bonchev–Trinajstić information content (AvgIpc) is 2.38. The lowest BCUT2D eigenvalue weighted by atomic mass is 10.2. The van der Waals surface area contributed by atoms with Crippen molar-refractivity contribution in [3.63, 3.8) is 0 Å². The Hall–Kier alpha value is -1.82. The van der Waals surface area contributed by atoms with Crippen LogP contribution in [0.1, 0.15) is 6.92 Å². The van der Waals surface area contributed by atoms with Gasteiger partial charge in [0, 0.05) is 25.5 Å². The lowest BCUT2D eigenvalue weighted by Crippen LogP contribution is -2.33. The van der Waals surface area contributed by atoms with Gasteiger partial charge >= 0.3 is 0 Å². The van der Waals surface area contributed by atoms with E-state index in [2.05, 4.69) is 11.9 Å². The minimum absolute atomic E-state index is 0.207. The number of carbonyl (C=O) groups is 1. The summed E-state index contributed by atoms with van der Waals surface area (Å²) in [5.74, 6) is -0.745. The lowest BCUT2D eigenvalue weighted by molar-refractivity contribution is -0.115. The minimum atomic E-state index is -3.49. The highest BCUT2D eigenvalue weighted by molar-refractivity contribution is 7.92. The quantitative estimate of drug-likeness (QED) is 0.811. The molecule has 1 aromatic rings. The van der Waals surface area contributed by atoms with E-state index in [0.29, 0.717) is 5.69 Å². The third-order valence-corrected chi connectivity index (χ3v) is 4.90. The van der Waals surface area contributed by atoms with Gasteiger partial charge in [-0.2, -0.15) is 0 Å². The summed E-state index contributed by atoms with van der Waals surface area (Å²) in [6, 6.07) is 7.16. The van der Waals surface area contributed by atoms with Crippen molar-refractivity contribution in [1.29, 1.82) is 0 Å². The fourth-order valence-electron chi connectivity index (χ4n) is 1.56. The van der Waals surface area contributed by atoms with E-state index in [0.717, 1.165) is 5.69 Å². The molecule has 6 heteroatoms. The number of anilines is 2. The van der Waals surface area contributed by atoms with Crippen molar-refractivity contribution < 1.29 is 13.2 Å². The van der Waals surface area contributed by atoms with Crippen LogP contribution in [-0.2, 0) is 14.6 Å². The van der Waals surface area contributed by atoms with Crippen LogP contribution in [0, 0.1) is 0 Å². The van der Waals surface area contributed by atoms with Crippen molar-refractivity contribution in [1.82, 2.24) is 0 Å². The Balaban J connectivity index is 2.78. The zero-order chi connectivity index (χ0) is 15.3. The summed E-state index contributed by atoms with van der Waals surface area (Å²) < 4.78 is 23.5. The highest BCUT2D eigenvalue weighted by atomic mass is 32.2. The molecule has 0 aliphatic rings. The van der Waals surface area contributed by atoms with Crippen molar-refractivity contribution in [3.8, 4) is 0 Å². The van der Waals surface area contributed by atoms with Gasteiger partial charge < -0.3 is 10.2 Å². The Kier molecular flexibility index (Phi) is 5.33. The summed E-state index contributed by atoms with van der Waals surface area (Å²) in [4.78, 5) is 13.9. The van der Waals surface area contributed by atoms with E-state index in [9.17, 15) is 13.2 Å². The molecule has 1 aromatic carbocycles. The molecule has 1 amide bonds. The lowest BCUT2D eigenvalue weighted by Gasteiger charge is -2.14. The fourth-order valence-corrected chi connectivity index (χ4v) is 2.56. The van der Waals surface area contributed by atoms with Gasteiger partial charge in [0.25, 0.3) is 0 Å². The van der Waals surface area contributed by atoms with Crippen molar-refractivity contribution in [2.75, 3.05) is 30.1 Å². The molecule has 0 fully saturated rings. The van der Waals surface area contributed by atoms with Crippen LogP contribution in [0.5, 0.6) is 0 Å². The zero-order valence-electron chi connectivity index (χ0n) is 12.0. The predicted octanol–water partition coefficient (Wildman–Crippen LogP) is 1.68. The maximum absolute atomic E-state index is 11.9. The first kappa shape index (κ1) is 16.2. The van der Waals surface area contributed by atoms with Gasteiger partial charge in [-0.3, -0.25) is 4.79 Å². The van der Waals surface area contributed by atoms with Gasteiger partial charge in [0.15, 0.2) is 9.84 Å². The van der Waals surface area contributed by atoms with Crippen LogP contribution in [0.15, 0.2) is 36.9 Å². The number of rotatable bonds is 6. The molecule has 0 aromatic heterocycles. The molecular weight excluding hydrogens is 276 g/mol. The van der Waals surface area contributed by atoms with Crippen molar-refractivity contribution >= 4 is 27.1 Å². The van der Waals surface area contributed by atoms with Crippen molar-refractivity contribution in [3.05, 3.63) is 36.9 Å². The molecule has 1 N–H and O–H groups in total. The van der Waals surface area contributed by atoms with E-state index in [-0.39, 0.29) is 5.75 Å². The number of benzene rings is 1. The van der Waals surface area contributed by atoms with Gasteiger partial charge in [-0.25, -0.2) is 8.42 Å². The predicted molar refractivity (Wildman–Crippen MR) is 82.8 cm³/mol. The molecule has 1 atom stereocenters. The van der Waals surface area contributed by atoms with E-state index in [4.69, 9.17) is 0 Å². The Bertz CT molecular complexity index is 577. The molecule has 0 radical (unpaired) electrons. The number of hydrogen-bond acceptors (Lipinski definition) is 4. The highest BCUT2D eigenvalue weighted by Crippen LogP contribution is 2.16. The third-order valence-electron chi connectivity index (χ3n) is 2.91. The summed E-state index contributed by atoms with van der Waals surface area (Å²) in [7, 11) is 0.339. The van der Waals surface area contributed by atoms with Gasteiger partial charge in [-0.15, -0.1) is 6.58 Å². The molecule has 0 saturated heterocycles. The van der Waals surface area contributed by atoms with Crippen LogP contribution in [0.3, 0.4) is 0 Å². The summed E-state index contributed by atoms with van der Waals surface area (Å²) in [5, 5.41) is 1.50. The van der Waals surface area contributed by atoms with Crippen LogP contribution in [-0.4, -0.2) is 39.4 Å². The molecule has 0 aliphatic heterocycles. The number of nitrogens with zero attached hydrogens (tertiary/aromatic N) is 1. The second-order valence-corrected chi connectivity index (χ2v) is 7.06. The standard InChI is InChI=1S/C14H20N2O3S/c1-5-10-20(18,19)11(2)14(17)15-12-6-8-13(9-7-12)16(3)4/h5-9,11H,1,10H2,2-4H3,(H,15,17). The van der Waals surface area contributed by atoms with Crippen LogP contribution in [0.4, 0.5) is 11.4 Å². The summed E-state index contributed by atoms with van der Waals surface area (Å²) in [5.41, 5.74) is 1.57. The molecule has 5 nitrogen and oxygen atoms in total. The minimum Gasteiger partial charge on any atom is -0.378 e. The number of nitrogens with one attached hydrogen (secondary N) is 1. The van der Waals surface area contributed by atoms with Gasteiger partial charge in [0.05, 0.1) is 5.75 Å². The Morgan fingerprint density at radius 3 is 2.35 bits per heavy atom. The molecule has 0 heterocycles. The molecular formula is C14H20N2O3S. The Morgan fingerprint density at radius 1 is 1.35 bits per heavy atom. The van der Waals surface area contributed by atoms with E-state index < -0.39 is 21.0 Å². The Morgan fingerprint density at radius 2 is 1.90 bits per heavy atom. The second kappa shape index (κ2) is 6.56. The smallest absolute Gasteiger partial charge is 0.242 e. The molecule has 0 aliphatic carbocycles. The maximum atomic E-state index is 11.9. The molecule has 0 saturated carbocycles. The number of hydrogen-bond donors (Lipinski definition) is 1. The van der Waals surface area contributed by atoms with Crippen LogP contribution in [0.2, 0.25) is 0 Å². The first-order chi connectivity index (χ1) is 9.27. The third kappa shape index (κ3) is 4.09. The first-order valence-electron chi connectivity index (χ1n) is 6.18. The SMILES string of the molecule is C=CCS(=O)(=O)C(C)C(=O)Nc1ccc(N(C)C)cc1. The summed E-state index contributed by atoms with van der Waals surface area (Å²) >= 11 is 0. The monoisotopic (exact) mass is 296 g/mol. The van der Waals surface area contributed by atoms with Gasteiger partial charge in [-0.05, 0) is 31.2 Å².